The summed E-state index contributed by atoms with van der Waals surface area (Å²) in [5.74, 6) is 0.541. The van der Waals surface area contributed by atoms with Crippen molar-refractivity contribution in [1.29, 1.82) is 0 Å². The Hall–Kier alpha value is -3.94. The molecule has 0 radical (unpaired) electrons. The van der Waals surface area contributed by atoms with Crippen LogP contribution in [0.1, 0.15) is 25.0 Å². The summed E-state index contributed by atoms with van der Waals surface area (Å²) in [6.45, 7) is 5.41. The number of halogens is 1. The summed E-state index contributed by atoms with van der Waals surface area (Å²) in [7, 11) is 0. The van der Waals surface area contributed by atoms with E-state index in [1.165, 1.54) is 12.1 Å². The standard InChI is InChI=1S/C24H22FN5O2/c1-24(2)18(15-3-6-21(28-13-15)27-8-10-30-9-7-26-14-30)12-20(32-24)22-17-5-4-16(25)11-19(17)29-23(22)31/h3-7,9,11-14H,8,10H2,1-2H3,(H,27,28)(H,29,31). The van der Waals surface area contributed by atoms with E-state index >= 15 is 0 Å². The number of imidazole rings is 1. The van der Waals surface area contributed by atoms with Crippen molar-refractivity contribution in [2.75, 3.05) is 17.2 Å². The molecule has 0 saturated heterocycles. The van der Waals surface area contributed by atoms with Crippen LogP contribution in [0.4, 0.5) is 15.9 Å². The minimum absolute atomic E-state index is 0.301. The molecular formula is C24H22FN5O2. The molecule has 1 aromatic carbocycles. The number of fused-ring (bicyclic) bond motifs is 1. The number of aromatic nitrogens is 3. The van der Waals surface area contributed by atoms with Crippen LogP contribution in [0.2, 0.25) is 0 Å². The number of rotatable bonds is 5. The van der Waals surface area contributed by atoms with Gasteiger partial charge in [-0.2, -0.15) is 0 Å². The first-order valence-electron chi connectivity index (χ1n) is 10.3. The Kier molecular flexibility index (Phi) is 4.77. The Morgan fingerprint density at radius 3 is 2.88 bits per heavy atom. The van der Waals surface area contributed by atoms with Crippen molar-refractivity contribution < 1.29 is 13.9 Å². The number of anilines is 2. The second-order valence-electron chi connectivity index (χ2n) is 8.21. The highest BCUT2D eigenvalue weighted by atomic mass is 19.1. The SMILES string of the molecule is CC1(C)OC(=C2C(=O)Nc3cc(F)ccc32)C=C1c1ccc(NCCn2ccnc2)nc1. The summed E-state index contributed by atoms with van der Waals surface area (Å²) < 4.78 is 21.7. The molecule has 7 nitrogen and oxygen atoms in total. The van der Waals surface area contributed by atoms with E-state index in [-0.39, 0.29) is 5.91 Å². The average Bonchev–Trinajstić information content (AvgIpc) is 3.45. The molecule has 0 fully saturated rings. The fraction of sp³-hybridized carbons (Fsp3) is 0.208. The van der Waals surface area contributed by atoms with Gasteiger partial charge in [-0.25, -0.2) is 14.4 Å². The molecule has 0 saturated carbocycles. The van der Waals surface area contributed by atoms with Gasteiger partial charge in [0, 0.05) is 48.4 Å². The normalized spacial score (nSPS) is 18.7. The molecular weight excluding hydrogens is 409 g/mol. The van der Waals surface area contributed by atoms with E-state index < -0.39 is 11.4 Å². The molecule has 5 rings (SSSR count). The maximum Gasteiger partial charge on any atom is 0.260 e. The molecule has 2 N–H and O–H groups in total. The molecule has 1 amide bonds. The third-order valence-corrected chi connectivity index (χ3v) is 5.57. The van der Waals surface area contributed by atoms with Crippen LogP contribution in [0.5, 0.6) is 0 Å². The number of nitrogens with zero attached hydrogens (tertiary/aromatic N) is 3. The fourth-order valence-electron chi connectivity index (χ4n) is 4.00. The molecule has 0 unspecified atom stereocenters. The van der Waals surface area contributed by atoms with E-state index in [0.29, 0.717) is 22.6 Å². The number of hydrogen-bond donors (Lipinski definition) is 2. The van der Waals surface area contributed by atoms with Crippen molar-refractivity contribution in [3.05, 3.63) is 84.0 Å². The van der Waals surface area contributed by atoms with E-state index in [4.69, 9.17) is 4.74 Å². The van der Waals surface area contributed by atoms with Crippen molar-refractivity contribution in [3.8, 4) is 0 Å². The molecule has 4 heterocycles. The summed E-state index contributed by atoms with van der Waals surface area (Å²) in [4.78, 5) is 21.1. The molecule has 0 bridgehead atoms. The zero-order valence-corrected chi connectivity index (χ0v) is 17.7. The van der Waals surface area contributed by atoms with Gasteiger partial charge in [0.1, 0.15) is 23.0 Å². The zero-order valence-electron chi connectivity index (χ0n) is 17.7. The number of pyridine rings is 1. The lowest BCUT2D eigenvalue weighted by molar-refractivity contribution is -0.111. The van der Waals surface area contributed by atoms with Crippen LogP contribution < -0.4 is 10.6 Å². The first-order valence-corrected chi connectivity index (χ1v) is 10.3. The summed E-state index contributed by atoms with van der Waals surface area (Å²) in [5.41, 5.74) is 2.67. The molecule has 8 heteroatoms. The van der Waals surface area contributed by atoms with Crippen LogP contribution in [0.15, 0.2) is 67.1 Å². The monoisotopic (exact) mass is 431 g/mol. The van der Waals surface area contributed by atoms with Gasteiger partial charge in [-0.3, -0.25) is 4.79 Å². The Labute approximate surface area is 184 Å². The number of amides is 1. The molecule has 3 aromatic rings. The van der Waals surface area contributed by atoms with Gasteiger partial charge in [0.25, 0.3) is 5.91 Å². The third kappa shape index (κ3) is 3.64. The number of benzene rings is 1. The Morgan fingerprint density at radius 1 is 1.25 bits per heavy atom. The van der Waals surface area contributed by atoms with Gasteiger partial charge >= 0.3 is 0 Å². The van der Waals surface area contributed by atoms with E-state index in [1.807, 2.05) is 42.8 Å². The summed E-state index contributed by atoms with van der Waals surface area (Å²) in [5, 5.41) is 6.00. The maximum atomic E-state index is 13.6. The molecule has 0 atom stereocenters. The summed E-state index contributed by atoms with van der Waals surface area (Å²) in [6.07, 6.45) is 9.11. The lowest BCUT2D eigenvalue weighted by atomic mass is 9.93. The van der Waals surface area contributed by atoms with Crippen LogP contribution >= 0.6 is 0 Å². The molecule has 162 valence electrons. The van der Waals surface area contributed by atoms with Gasteiger partial charge in [0.2, 0.25) is 0 Å². The van der Waals surface area contributed by atoms with Crippen molar-refractivity contribution in [2.45, 2.75) is 26.0 Å². The van der Waals surface area contributed by atoms with Crippen molar-refractivity contribution in [1.82, 2.24) is 14.5 Å². The van der Waals surface area contributed by atoms with Gasteiger partial charge in [-0.15, -0.1) is 0 Å². The smallest absolute Gasteiger partial charge is 0.260 e. The van der Waals surface area contributed by atoms with Crippen LogP contribution in [-0.4, -0.2) is 32.6 Å². The van der Waals surface area contributed by atoms with E-state index in [0.717, 1.165) is 30.0 Å². The Balaban J connectivity index is 1.39. The highest BCUT2D eigenvalue weighted by Crippen LogP contribution is 2.44. The molecule has 0 aliphatic carbocycles. The largest absolute Gasteiger partial charge is 0.482 e. The lowest BCUT2D eigenvalue weighted by Crippen LogP contribution is -2.21. The molecule has 32 heavy (non-hydrogen) atoms. The molecule has 2 aromatic heterocycles. The van der Waals surface area contributed by atoms with E-state index in [1.54, 1.807) is 24.8 Å². The molecule has 0 spiro atoms. The van der Waals surface area contributed by atoms with Crippen LogP contribution in [-0.2, 0) is 16.1 Å². The summed E-state index contributed by atoms with van der Waals surface area (Å²) >= 11 is 0. The minimum atomic E-state index is -0.649. The zero-order chi connectivity index (χ0) is 22.3. The summed E-state index contributed by atoms with van der Waals surface area (Å²) in [6, 6.07) is 8.15. The number of hydrogen-bond acceptors (Lipinski definition) is 5. The van der Waals surface area contributed by atoms with Gasteiger partial charge < -0.3 is 19.9 Å². The molecule has 2 aliphatic heterocycles. The number of carbonyl (C=O) groups excluding carboxylic acids is 1. The Morgan fingerprint density at radius 2 is 2.12 bits per heavy atom. The second kappa shape index (κ2) is 7.64. The topological polar surface area (TPSA) is 81.1 Å². The molecule has 2 aliphatic rings. The van der Waals surface area contributed by atoms with Crippen molar-refractivity contribution in [3.63, 3.8) is 0 Å². The number of nitrogens with one attached hydrogen (secondary N) is 2. The van der Waals surface area contributed by atoms with Crippen LogP contribution in [0.3, 0.4) is 0 Å². The number of allylic oxidation sites excluding steroid dienone is 1. The Bertz CT molecular complexity index is 1240. The second-order valence-corrected chi connectivity index (χ2v) is 8.21. The number of carbonyl (C=O) groups is 1. The fourth-order valence-corrected chi connectivity index (χ4v) is 4.00. The van der Waals surface area contributed by atoms with Crippen molar-refractivity contribution in [2.24, 2.45) is 0 Å². The van der Waals surface area contributed by atoms with Gasteiger partial charge in [-0.05, 0) is 50.3 Å². The van der Waals surface area contributed by atoms with Crippen LogP contribution in [0.25, 0.3) is 11.1 Å². The quantitative estimate of drug-likeness (QED) is 0.595. The maximum absolute atomic E-state index is 13.6. The average molecular weight is 431 g/mol. The third-order valence-electron chi connectivity index (χ3n) is 5.57. The van der Waals surface area contributed by atoms with Gasteiger partial charge in [-0.1, -0.05) is 0 Å². The first kappa shape index (κ1) is 20.0. The van der Waals surface area contributed by atoms with Gasteiger partial charge in [0.05, 0.1) is 17.6 Å². The van der Waals surface area contributed by atoms with Crippen LogP contribution in [0, 0.1) is 5.82 Å². The van der Waals surface area contributed by atoms with Gasteiger partial charge in [0.15, 0.2) is 0 Å². The number of ether oxygens (including phenoxy) is 1. The minimum Gasteiger partial charge on any atom is -0.482 e. The highest BCUT2D eigenvalue weighted by molar-refractivity contribution is 6.32. The highest BCUT2D eigenvalue weighted by Gasteiger charge is 2.38. The van der Waals surface area contributed by atoms with Crippen molar-refractivity contribution >= 4 is 28.6 Å². The lowest BCUT2D eigenvalue weighted by Gasteiger charge is -2.23. The van der Waals surface area contributed by atoms with E-state index in [9.17, 15) is 9.18 Å². The van der Waals surface area contributed by atoms with E-state index in [2.05, 4.69) is 20.6 Å². The first-order chi connectivity index (χ1) is 15.4. The predicted octanol–water partition coefficient (Wildman–Crippen LogP) is 4.08. The predicted molar refractivity (Wildman–Crippen MR) is 120 cm³/mol.